The van der Waals surface area contributed by atoms with Crippen molar-refractivity contribution in [2.24, 2.45) is 0 Å². The van der Waals surface area contributed by atoms with Crippen LogP contribution in [0.5, 0.6) is 0 Å². The zero-order chi connectivity index (χ0) is 7.23. The molecule has 0 unspecified atom stereocenters. The van der Waals surface area contributed by atoms with Crippen LogP contribution in [-0.2, 0) is 0 Å². The molecule has 1 heterocycles. The maximum atomic E-state index is 3.62. The van der Waals surface area contributed by atoms with E-state index in [2.05, 4.69) is 23.0 Å². The Balaban J connectivity index is 2.25. The topological polar surface area (TPSA) is 15.3 Å². The van der Waals surface area contributed by atoms with Gasteiger partial charge in [0.25, 0.3) is 0 Å². The molecule has 0 aromatic heterocycles. The first-order chi connectivity index (χ1) is 4.93. The first-order valence-corrected chi connectivity index (χ1v) is 3.67. The Kier molecular flexibility index (Phi) is 3.03. The van der Waals surface area contributed by atoms with Crippen LogP contribution >= 0.6 is 0 Å². The second-order valence-corrected chi connectivity index (χ2v) is 2.36. The molecule has 0 aromatic rings. The molecule has 2 nitrogen and oxygen atoms in total. The number of hydrogen-bond acceptors (Lipinski definition) is 2. The van der Waals surface area contributed by atoms with Gasteiger partial charge in [-0.25, -0.2) is 0 Å². The predicted octanol–water partition coefficient (Wildman–Crippen LogP) is 0.591. The molecule has 1 N–H and O–H groups in total. The number of allylic oxidation sites excluding steroid dienone is 2. The lowest BCUT2D eigenvalue weighted by Gasteiger charge is -2.25. The van der Waals surface area contributed by atoms with Gasteiger partial charge in [0.2, 0.25) is 0 Å². The average Bonchev–Trinajstić information content (AvgIpc) is 2.03. The third-order valence-electron chi connectivity index (χ3n) is 1.58. The summed E-state index contributed by atoms with van der Waals surface area (Å²) < 4.78 is 0. The van der Waals surface area contributed by atoms with Crippen LogP contribution in [0.2, 0.25) is 0 Å². The average molecular weight is 138 g/mol. The van der Waals surface area contributed by atoms with Crippen molar-refractivity contribution in [2.75, 3.05) is 26.2 Å². The summed E-state index contributed by atoms with van der Waals surface area (Å²) in [5.74, 6) is 0. The normalized spacial score (nSPS) is 19.8. The van der Waals surface area contributed by atoms with Crippen LogP contribution in [-0.4, -0.2) is 31.1 Å². The standard InChI is InChI=1S/C8H14N2/c1-2-3-6-10-7-4-9-5-8-10/h2-3,6,9H,1,4-5,7-8H2. The molecule has 0 saturated carbocycles. The largest absolute Gasteiger partial charge is 0.375 e. The van der Waals surface area contributed by atoms with E-state index in [9.17, 15) is 0 Å². The highest BCUT2D eigenvalue weighted by atomic mass is 15.2. The zero-order valence-electron chi connectivity index (χ0n) is 6.21. The van der Waals surface area contributed by atoms with Crippen molar-refractivity contribution in [3.8, 4) is 0 Å². The van der Waals surface area contributed by atoms with Gasteiger partial charge in [0.05, 0.1) is 0 Å². The predicted molar refractivity (Wildman–Crippen MR) is 43.8 cm³/mol. The number of hydrogen-bond donors (Lipinski definition) is 1. The van der Waals surface area contributed by atoms with E-state index in [1.165, 1.54) is 0 Å². The molecular weight excluding hydrogens is 124 g/mol. The van der Waals surface area contributed by atoms with Crippen LogP contribution in [0.3, 0.4) is 0 Å². The highest BCUT2D eigenvalue weighted by Crippen LogP contribution is 1.92. The molecule has 0 spiro atoms. The van der Waals surface area contributed by atoms with Crippen LogP contribution in [0.15, 0.2) is 24.9 Å². The number of rotatable bonds is 2. The maximum absolute atomic E-state index is 3.62. The Hall–Kier alpha value is -0.760. The summed E-state index contributed by atoms with van der Waals surface area (Å²) in [4.78, 5) is 2.29. The van der Waals surface area contributed by atoms with Crippen molar-refractivity contribution >= 4 is 0 Å². The van der Waals surface area contributed by atoms with E-state index in [1.54, 1.807) is 0 Å². The molecule has 1 aliphatic rings. The molecule has 1 fully saturated rings. The van der Waals surface area contributed by atoms with Crippen LogP contribution in [0.25, 0.3) is 0 Å². The Bertz CT molecular complexity index is 123. The van der Waals surface area contributed by atoms with E-state index >= 15 is 0 Å². The van der Waals surface area contributed by atoms with E-state index in [-0.39, 0.29) is 0 Å². The van der Waals surface area contributed by atoms with Gasteiger partial charge in [0, 0.05) is 26.2 Å². The molecule has 1 saturated heterocycles. The minimum atomic E-state index is 1.10. The molecule has 0 amide bonds. The summed E-state index contributed by atoms with van der Waals surface area (Å²) in [7, 11) is 0. The number of piperazine rings is 1. The quantitative estimate of drug-likeness (QED) is 0.562. The molecule has 2 heteroatoms. The summed E-state index contributed by atoms with van der Waals surface area (Å²) in [5.41, 5.74) is 0. The second-order valence-electron chi connectivity index (χ2n) is 2.36. The van der Waals surface area contributed by atoms with E-state index in [1.807, 2.05) is 12.2 Å². The first-order valence-electron chi connectivity index (χ1n) is 3.67. The first kappa shape index (κ1) is 7.35. The fraction of sp³-hybridized carbons (Fsp3) is 0.500. The van der Waals surface area contributed by atoms with Crippen molar-refractivity contribution in [3.05, 3.63) is 24.9 Å². The highest BCUT2D eigenvalue weighted by Gasteiger charge is 2.02. The highest BCUT2D eigenvalue weighted by molar-refractivity contribution is 4.97. The van der Waals surface area contributed by atoms with E-state index in [4.69, 9.17) is 0 Å². The van der Waals surface area contributed by atoms with Crippen molar-refractivity contribution in [2.45, 2.75) is 0 Å². The van der Waals surface area contributed by atoms with Gasteiger partial charge in [-0.1, -0.05) is 12.7 Å². The molecule has 1 aliphatic heterocycles. The second kappa shape index (κ2) is 4.12. The molecule has 10 heavy (non-hydrogen) atoms. The fourth-order valence-electron chi connectivity index (χ4n) is 1.01. The van der Waals surface area contributed by atoms with Crippen molar-refractivity contribution in [1.29, 1.82) is 0 Å². The molecule has 0 aliphatic carbocycles. The lowest BCUT2D eigenvalue weighted by Crippen LogP contribution is -2.40. The van der Waals surface area contributed by atoms with E-state index in [0.29, 0.717) is 0 Å². The van der Waals surface area contributed by atoms with E-state index in [0.717, 1.165) is 26.2 Å². The van der Waals surface area contributed by atoms with E-state index < -0.39 is 0 Å². The monoisotopic (exact) mass is 138 g/mol. The molecule has 0 atom stereocenters. The minimum Gasteiger partial charge on any atom is -0.375 e. The summed E-state index contributed by atoms with van der Waals surface area (Å²) >= 11 is 0. The van der Waals surface area contributed by atoms with Gasteiger partial charge in [-0.2, -0.15) is 0 Å². The fourth-order valence-corrected chi connectivity index (χ4v) is 1.01. The van der Waals surface area contributed by atoms with Crippen LogP contribution in [0, 0.1) is 0 Å². The molecule has 1 rings (SSSR count). The number of nitrogens with one attached hydrogen (secondary N) is 1. The molecule has 0 aromatic carbocycles. The van der Waals surface area contributed by atoms with Gasteiger partial charge >= 0.3 is 0 Å². The lowest BCUT2D eigenvalue weighted by molar-refractivity contribution is 0.324. The minimum absolute atomic E-state index is 1.10. The van der Waals surface area contributed by atoms with Crippen LogP contribution < -0.4 is 5.32 Å². The lowest BCUT2D eigenvalue weighted by atomic mass is 10.4. The summed E-state index contributed by atoms with van der Waals surface area (Å²) in [6, 6.07) is 0. The van der Waals surface area contributed by atoms with Crippen LogP contribution in [0.1, 0.15) is 0 Å². The third-order valence-corrected chi connectivity index (χ3v) is 1.58. The zero-order valence-corrected chi connectivity index (χ0v) is 6.21. The Morgan fingerprint density at radius 3 is 2.60 bits per heavy atom. The summed E-state index contributed by atoms with van der Waals surface area (Å²) in [5, 5.41) is 3.29. The van der Waals surface area contributed by atoms with Crippen molar-refractivity contribution in [1.82, 2.24) is 10.2 Å². The Morgan fingerprint density at radius 1 is 1.30 bits per heavy atom. The van der Waals surface area contributed by atoms with Gasteiger partial charge < -0.3 is 10.2 Å². The third kappa shape index (κ3) is 2.23. The van der Waals surface area contributed by atoms with Crippen LogP contribution in [0.4, 0.5) is 0 Å². The molecule has 56 valence electrons. The smallest absolute Gasteiger partial charge is 0.0298 e. The maximum Gasteiger partial charge on any atom is 0.0298 e. The molecule has 0 radical (unpaired) electrons. The Morgan fingerprint density at radius 2 is 2.00 bits per heavy atom. The van der Waals surface area contributed by atoms with Crippen molar-refractivity contribution in [3.63, 3.8) is 0 Å². The SMILES string of the molecule is C=CC=CN1CCNCC1. The number of nitrogens with zero attached hydrogens (tertiary/aromatic N) is 1. The van der Waals surface area contributed by atoms with Gasteiger partial charge in [-0.15, -0.1) is 0 Å². The molecular formula is C8H14N2. The van der Waals surface area contributed by atoms with Gasteiger partial charge in [0.15, 0.2) is 0 Å². The summed E-state index contributed by atoms with van der Waals surface area (Å²) in [6.07, 6.45) is 5.88. The summed E-state index contributed by atoms with van der Waals surface area (Å²) in [6.45, 7) is 8.04. The molecule has 0 bridgehead atoms. The van der Waals surface area contributed by atoms with Gasteiger partial charge in [0.1, 0.15) is 0 Å². The Labute approximate surface area is 62.2 Å². The van der Waals surface area contributed by atoms with Gasteiger partial charge in [-0.3, -0.25) is 0 Å². The van der Waals surface area contributed by atoms with Crippen molar-refractivity contribution < 1.29 is 0 Å². The van der Waals surface area contributed by atoms with Gasteiger partial charge in [-0.05, 0) is 12.3 Å².